The van der Waals surface area contributed by atoms with Crippen molar-refractivity contribution < 1.29 is 49.2 Å². The molecule has 20 heavy (non-hydrogen) atoms. The molecule has 0 spiro atoms. The molecule has 4 nitrogen and oxygen atoms in total. The summed E-state index contributed by atoms with van der Waals surface area (Å²) in [6.45, 7) is 1.38. The van der Waals surface area contributed by atoms with Gasteiger partial charge in [0.25, 0.3) is 11.9 Å². The number of hydrogen-bond donors (Lipinski definition) is 0. The maximum atomic E-state index is 13.0. The Kier molecular flexibility index (Phi) is 5.57. The average molecular weight is 329 g/mol. The molecule has 0 heterocycles. The molecule has 0 aliphatic heterocycles. The minimum Gasteiger partial charge on any atom is -0.483 e. The van der Waals surface area contributed by atoms with E-state index in [1.807, 2.05) is 0 Å². The summed E-state index contributed by atoms with van der Waals surface area (Å²) < 4.78 is 94.9. The summed E-state index contributed by atoms with van der Waals surface area (Å²) in [6.07, 6.45) is -6.50. The van der Waals surface area contributed by atoms with Gasteiger partial charge >= 0.3 is 27.3 Å². The summed E-state index contributed by atoms with van der Waals surface area (Å²) in [5, 5.41) is 0. The lowest BCUT2D eigenvalue weighted by Crippen LogP contribution is -2.54. The standard InChI is InChI=1S/C8H8F7O4Si/c1-4(16)18-20(19-5(2)17)3-6(9,10)7(11,12)8(13,14)15/h3H2,1-2H3. The van der Waals surface area contributed by atoms with Gasteiger partial charge in [0.15, 0.2) is 0 Å². The van der Waals surface area contributed by atoms with Crippen LogP contribution in [0.3, 0.4) is 0 Å². The summed E-state index contributed by atoms with van der Waals surface area (Å²) in [7, 11) is -3.67. The third kappa shape index (κ3) is 4.65. The molecule has 0 aliphatic carbocycles. The Bertz CT molecular complexity index is 366. The Morgan fingerprint density at radius 3 is 1.50 bits per heavy atom. The first-order valence-corrected chi connectivity index (χ1v) is 6.28. The van der Waals surface area contributed by atoms with Gasteiger partial charge in [-0.15, -0.1) is 0 Å². The molecule has 1 radical (unpaired) electrons. The van der Waals surface area contributed by atoms with Crippen molar-refractivity contribution >= 4 is 21.2 Å². The fourth-order valence-corrected chi connectivity index (χ4v) is 2.33. The summed E-state index contributed by atoms with van der Waals surface area (Å²) in [4.78, 5) is 21.1. The van der Waals surface area contributed by atoms with Crippen LogP contribution in [0.15, 0.2) is 0 Å². The molecule has 12 heteroatoms. The number of carbonyl (C=O) groups excluding carboxylic acids is 2. The van der Waals surface area contributed by atoms with Crippen molar-refractivity contribution in [1.29, 1.82) is 0 Å². The molecular weight excluding hydrogens is 321 g/mol. The van der Waals surface area contributed by atoms with E-state index >= 15 is 0 Å². The molecule has 0 aromatic heterocycles. The van der Waals surface area contributed by atoms with Crippen molar-refractivity contribution in [3.8, 4) is 0 Å². The quantitative estimate of drug-likeness (QED) is 0.574. The molecule has 0 saturated carbocycles. The molecule has 0 unspecified atom stereocenters. The van der Waals surface area contributed by atoms with E-state index in [0.29, 0.717) is 13.8 Å². The highest BCUT2D eigenvalue weighted by molar-refractivity contribution is 6.49. The van der Waals surface area contributed by atoms with E-state index in [1.54, 1.807) is 0 Å². The van der Waals surface area contributed by atoms with Gasteiger partial charge in [0, 0.05) is 13.8 Å². The maximum absolute atomic E-state index is 13.0. The third-order valence-corrected chi connectivity index (χ3v) is 3.46. The lowest BCUT2D eigenvalue weighted by molar-refractivity contribution is -0.350. The van der Waals surface area contributed by atoms with E-state index in [1.165, 1.54) is 0 Å². The van der Waals surface area contributed by atoms with Crippen LogP contribution in [-0.2, 0) is 18.4 Å². The second-order valence-electron chi connectivity index (χ2n) is 3.51. The Labute approximate surface area is 109 Å². The molecule has 0 fully saturated rings. The van der Waals surface area contributed by atoms with Crippen LogP contribution < -0.4 is 0 Å². The first-order valence-electron chi connectivity index (χ1n) is 4.75. The normalized spacial score (nSPS) is 13.3. The van der Waals surface area contributed by atoms with E-state index in [9.17, 15) is 40.3 Å². The number of hydrogen-bond acceptors (Lipinski definition) is 4. The second kappa shape index (κ2) is 5.97. The fourth-order valence-electron chi connectivity index (χ4n) is 0.913. The van der Waals surface area contributed by atoms with Crippen LogP contribution in [0.5, 0.6) is 0 Å². The monoisotopic (exact) mass is 329 g/mol. The molecule has 0 saturated heterocycles. The van der Waals surface area contributed by atoms with E-state index in [2.05, 4.69) is 8.85 Å². The Morgan fingerprint density at radius 1 is 0.900 bits per heavy atom. The maximum Gasteiger partial charge on any atom is 0.542 e. The molecule has 0 N–H and O–H groups in total. The molecule has 0 atom stereocenters. The highest BCUT2D eigenvalue weighted by atomic mass is 28.3. The van der Waals surface area contributed by atoms with Crippen LogP contribution >= 0.6 is 0 Å². The zero-order valence-corrected chi connectivity index (χ0v) is 11.0. The first-order chi connectivity index (χ1) is 8.70. The van der Waals surface area contributed by atoms with Crippen LogP contribution in [0.25, 0.3) is 0 Å². The van der Waals surface area contributed by atoms with Gasteiger partial charge in [-0.05, 0) is 0 Å². The minimum absolute atomic E-state index is 0.689. The highest BCUT2D eigenvalue weighted by Crippen LogP contribution is 2.48. The van der Waals surface area contributed by atoms with Crippen molar-refractivity contribution in [2.24, 2.45) is 0 Å². The van der Waals surface area contributed by atoms with Gasteiger partial charge < -0.3 is 8.85 Å². The van der Waals surface area contributed by atoms with Gasteiger partial charge in [0.1, 0.15) is 0 Å². The molecule has 0 aliphatic rings. The van der Waals surface area contributed by atoms with Gasteiger partial charge in [0.05, 0.1) is 6.04 Å². The molecule has 0 aromatic rings. The lowest BCUT2D eigenvalue weighted by Gasteiger charge is -2.28. The third-order valence-electron chi connectivity index (χ3n) is 1.70. The second-order valence-corrected chi connectivity index (χ2v) is 5.02. The topological polar surface area (TPSA) is 52.6 Å². The van der Waals surface area contributed by atoms with Gasteiger partial charge in [-0.3, -0.25) is 9.59 Å². The highest BCUT2D eigenvalue weighted by Gasteiger charge is 2.74. The van der Waals surface area contributed by atoms with Crippen LogP contribution in [-0.4, -0.2) is 39.2 Å². The SMILES string of the molecule is CC(=O)O[Si](CC(F)(F)C(F)(F)C(F)(F)F)OC(C)=O. The molecule has 0 bridgehead atoms. The predicted octanol–water partition coefficient (Wildman–Crippen LogP) is 2.43. The largest absolute Gasteiger partial charge is 0.542 e. The minimum atomic E-state index is -6.50. The predicted molar refractivity (Wildman–Crippen MR) is 50.0 cm³/mol. The Balaban J connectivity index is 5.18. The van der Waals surface area contributed by atoms with Crippen molar-refractivity contribution in [2.75, 3.05) is 0 Å². The van der Waals surface area contributed by atoms with Gasteiger partial charge in [0.2, 0.25) is 0 Å². The zero-order chi connectivity index (χ0) is 16.4. The zero-order valence-electron chi connectivity index (χ0n) is 9.99. The molecule has 0 amide bonds. The van der Waals surface area contributed by atoms with E-state index < -0.39 is 45.3 Å². The summed E-state index contributed by atoms with van der Waals surface area (Å²) in [5.74, 6) is -14.5. The van der Waals surface area contributed by atoms with Gasteiger partial charge in [-0.2, -0.15) is 30.7 Å². The van der Waals surface area contributed by atoms with Gasteiger partial charge in [-0.1, -0.05) is 0 Å². The Hall–Kier alpha value is -1.33. The smallest absolute Gasteiger partial charge is 0.483 e. The van der Waals surface area contributed by atoms with Crippen LogP contribution in [0.2, 0.25) is 6.04 Å². The fraction of sp³-hybridized carbons (Fsp3) is 0.750. The van der Waals surface area contributed by atoms with E-state index in [-0.39, 0.29) is 0 Å². The van der Waals surface area contributed by atoms with Crippen LogP contribution in [0.4, 0.5) is 30.7 Å². The van der Waals surface area contributed by atoms with Gasteiger partial charge in [-0.25, -0.2) is 0 Å². The molecular formula is C8H8F7O4Si. The average Bonchev–Trinajstić information content (AvgIpc) is 2.11. The number of rotatable bonds is 5. The van der Waals surface area contributed by atoms with Crippen molar-refractivity contribution in [2.45, 2.75) is 37.9 Å². The number of halogens is 7. The molecule has 117 valence electrons. The summed E-state index contributed by atoms with van der Waals surface area (Å²) >= 11 is 0. The number of alkyl halides is 7. The Morgan fingerprint density at radius 2 is 1.25 bits per heavy atom. The van der Waals surface area contributed by atoms with Crippen molar-refractivity contribution in [3.05, 3.63) is 0 Å². The van der Waals surface area contributed by atoms with E-state index in [4.69, 9.17) is 0 Å². The molecule has 0 rings (SSSR count). The summed E-state index contributed by atoms with van der Waals surface area (Å²) in [6, 6.07) is -2.23. The summed E-state index contributed by atoms with van der Waals surface area (Å²) in [5.41, 5.74) is 0. The molecule has 0 aromatic carbocycles. The van der Waals surface area contributed by atoms with Crippen molar-refractivity contribution in [1.82, 2.24) is 0 Å². The van der Waals surface area contributed by atoms with Crippen LogP contribution in [0, 0.1) is 0 Å². The van der Waals surface area contributed by atoms with Crippen molar-refractivity contribution in [3.63, 3.8) is 0 Å². The lowest BCUT2D eigenvalue weighted by atomic mass is 10.2. The van der Waals surface area contributed by atoms with E-state index in [0.717, 1.165) is 0 Å². The first kappa shape index (κ1) is 18.7. The number of carbonyl (C=O) groups is 2. The van der Waals surface area contributed by atoms with Crippen LogP contribution in [0.1, 0.15) is 13.8 Å².